The van der Waals surface area contributed by atoms with Gasteiger partial charge in [-0.25, -0.2) is 5.06 Å². The Morgan fingerprint density at radius 3 is 2.47 bits per heavy atom. The van der Waals surface area contributed by atoms with Crippen LogP contribution < -0.4 is 10.6 Å². The Bertz CT molecular complexity index is 960. The number of hydrogen-bond donors (Lipinski definition) is 2. The molecular formula is C29H41N3O4. The van der Waals surface area contributed by atoms with Crippen molar-refractivity contribution >= 4 is 17.7 Å². The fraction of sp³-hybridized carbons (Fsp3) is 0.483. The molecule has 0 saturated heterocycles. The Balaban J connectivity index is 2.19. The number of nitrogens with zero attached hydrogens (tertiary/aromatic N) is 1. The molecule has 0 saturated carbocycles. The number of carbonyl (C=O) groups excluding carboxylic acids is 3. The number of carbonyl (C=O) groups is 3. The largest absolute Gasteiger partial charge is 0.359 e. The summed E-state index contributed by atoms with van der Waals surface area (Å²) in [6.07, 6.45) is 12.6. The molecule has 2 rings (SSSR count). The molecule has 0 bridgehead atoms. The third kappa shape index (κ3) is 10.2. The molecule has 196 valence electrons. The molecule has 0 radical (unpaired) electrons. The minimum atomic E-state index is -0.513. The Morgan fingerprint density at radius 1 is 1.11 bits per heavy atom. The van der Waals surface area contributed by atoms with Crippen LogP contribution in [0.15, 0.2) is 66.3 Å². The third-order valence-corrected chi connectivity index (χ3v) is 6.20. The van der Waals surface area contributed by atoms with Gasteiger partial charge in [-0.15, -0.1) is 0 Å². The standard InChI is InChI=1S/C29H41N3O4/c1-22(33)32(36-21-24-15-11-8-12-16-24)20-25(18-17-23-13-9-6-7-10-14-23)28(35)31-26(29(2,3)4)19-27(34)30-5/h6,8-16,25-26H,7,17-21H2,1-5H3,(H,30,34)(H,31,35)/t25-,26?/m0/s1. The van der Waals surface area contributed by atoms with Crippen LogP contribution >= 0.6 is 0 Å². The molecule has 0 spiro atoms. The zero-order chi connectivity index (χ0) is 26.6. The molecule has 2 atom stereocenters. The highest BCUT2D eigenvalue weighted by atomic mass is 16.7. The normalized spacial score (nSPS) is 14.9. The van der Waals surface area contributed by atoms with Crippen molar-refractivity contribution in [1.29, 1.82) is 0 Å². The molecule has 1 aromatic carbocycles. The van der Waals surface area contributed by atoms with Crippen molar-refractivity contribution in [2.75, 3.05) is 13.6 Å². The van der Waals surface area contributed by atoms with E-state index in [9.17, 15) is 14.4 Å². The lowest BCUT2D eigenvalue weighted by atomic mass is 9.84. The lowest BCUT2D eigenvalue weighted by molar-refractivity contribution is -0.193. The number of amides is 3. The first-order chi connectivity index (χ1) is 17.1. The summed E-state index contributed by atoms with van der Waals surface area (Å²) in [6, 6.07) is 9.23. The molecule has 7 heteroatoms. The zero-order valence-electron chi connectivity index (χ0n) is 22.3. The first-order valence-corrected chi connectivity index (χ1v) is 12.6. The molecule has 36 heavy (non-hydrogen) atoms. The number of hydroxylamine groups is 2. The molecule has 1 unspecified atom stereocenters. The summed E-state index contributed by atoms with van der Waals surface area (Å²) < 4.78 is 0. The molecule has 0 aromatic heterocycles. The van der Waals surface area contributed by atoms with Gasteiger partial charge in [0.15, 0.2) is 0 Å². The minimum absolute atomic E-state index is 0.123. The van der Waals surface area contributed by atoms with Crippen LogP contribution in [0.25, 0.3) is 0 Å². The molecule has 7 nitrogen and oxygen atoms in total. The predicted molar refractivity (Wildman–Crippen MR) is 142 cm³/mol. The van der Waals surface area contributed by atoms with Crippen LogP contribution in [-0.4, -0.2) is 42.4 Å². The van der Waals surface area contributed by atoms with E-state index in [0.717, 1.165) is 17.6 Å². The van der Waals surface area contributed by atoms with Gasteiger partial charge in [-0.05, 0) is 35.8 Å². The maximum Gasteiger partial charge on any atom is 0.243 e. The lowest BCUT2D eigenvalue weighted by Crippen LogP contribution is -2.50. The van der Waals surface area contributed by atoms with Gasteiger partial charge >= 0.3 is 0 Å². The fourth-order valence-electron chi connectivity index (χ4n) is 3.79. The van der Waals surface area contributed by atoms with Crippen molar-refractivity contribution in [3.05, 3.63) is 71.8 Å². The molecule has 0 fully saturated rings. The van der Waals surface area contributed by atoms with Gasteiger partial charge in [-0.2, -0.15) is 0 Å². The topological polar surface area (TPSA) is 87.7 Å². The van der Waals surface area contributed by atoms with Gasteiger partial charge in [-0.3, -0.25) is 19.2 Å². The number of nitrogens with one attached hydrogen (secondary N) is 2. The van der Waals surface area contributed by atoms with Crippen molar-refractivity contribution in [2.45, 2.75) is 66.0 Å². The highest BCUT2D eigenvalue weighted by Crippen LogP contribution is 2.24. The van der Waals surface area contributed by atoms with Crippen LogP contribution in [0.4, 0.5) is 0 Å². The van der Waals surface area contributed by atoms with Gasteiger partial charge < -0.3 is 10.6 Å². The summed E-state index contributed by atoms with van der Waals surface area (Å²) in [7, 11) is 1.59. The van der Waals surface area contributed by atoms with E-state index in [0.29, 0.717) is 12.8 Å². The van der Waals surface area contributed by atoms with Gasteiger partial charge in [0.1, 0.15) is 6.61 Å². The maximum absolute atomic E-state index is 13.6. The van der Waals surface area contributed by atoms with E-state index in [4.69, 9.17) is 4.84 Å². The van der Waals surface area contributed by atoms with Crippen molar-refractivity contribution in [3.63, 3.8) is 0 Å². The van der Waals surface area contributed by atoms with E-state index in [1.54, 1.807) is 7.05 Å². The van der Waals surface area contributed by atoms with E-state index < -0.39 is 5.92 Å². The van der Waals surface area contributed by atoms with Gasteiger partial charge in [0.25, 0.3) is 0 Å². The van der Waals surface area contributed by atoms with E-state index >= 15 is 0 Å². The minimum Gasteiger partial charge on any atom is -0.359 e. The number of benzene rings is 1. The molecule has 0 aliphatic heterocycles. The van der Waals surface area contributed by atoms with E-state index in [-0.39, 0.29) is 48.8 Å². The second-order valence-electron chi connectivity index (χ2n) is 10.2. The van der Waals surface area contributed by atoms with Crippen molar-refractivity contribution in [3.8, 4) is 0 Å². The van der Waals surface area contributed by atoms with Crippen LogP contribution in [0.2, 0.25) is 0 Å². The maximum atomic E-state index is 13.6. The van der Waals surface area contributed by atoms with Crippen LogP contribution in [0, 0.1) is 11.3 Å². The van der Waals surface area contributed by atoms with Gasteiger partial charge in [0.05, 0.1) is 12.5 Å². The lowest BCUT2D eigenvalue weighted by Gasteiger charge is -2.33. The van der Waals surface area contributed by atoms with Gasteiger partial charge in [0.2, 0.25) is 17.7 Å². The molecule has 1 aromatic rings. The summed E-state index contributed by atoms with van der Waals surface area (Å²) >= 11 is 0. The molecule has 0 heterocycles. The summed E-state index contributed by atoms with van der Waals surface area (Å²) in [5.74, 6) is -1.11. The van der Waals surface area contributed by atoms with Crippen LogP contribution in [0.5, 0.6) is 0 Å². The molecule has 3 amide bonds. The van der Waals surface area contributed by atoms with Crippen LogP contribution in [0.3, 0.4) is 0 Å². The van der Waals surface area contributed by atoms with Crippen LogP contribution in [0.1, 0.15) is 58.9 Å². The Kier molecular flexibility index (Phi) is 11.6. The second kappa shape index (κ2) is 14.4. The van der Waals surface area contributed by atoms with Crippen LogP contribution in [-0.2, 0) is 25.8 Å². The van der Waals surface area contributed by atoms with E-state index in [1.165, 1.54) is 12.0 Å². The monoisotopic (exact) mass is 495 g/mol. The highest BCUT2D eigenvalue weighted by Gasteiger charge is 2.32. The van der Waals surface area contributed by atoms with Gasteiger partial charge in [0, 0.05) is 26.4 Å². The summed E-state index contributed by atoms with van der Waals surface area (Å²) in [6.45, 7) is 7.77. The average molecular weight is 496 g/mol. The molecule has 2 N–H and O–H groups in total. The van der Waals surface area contributed by atoms with Crippen molar-refractivity contribution < 1.29 is 19.2 Å². The number of rotatable bonds is 12. The van der Waals surface area contributed by atoms with E-state index in [2.05, 4.69) is 34.9 Å². The van der Waals surface area contributed by atoms with Gasteiger partial charge in [-0.1, -0.05) is 81.5 Å². The second-order valence-corrected chi connectivity index (χ2v) is 10.2. The zero-order valence-corrected chi connectivity index (χ0v) is 22.3. The van der Waals surface area contributed by atoms with E-state index in [1.807, 2.05) is 57.2 Å². The summed E-state index contributed by atoms with van der Waals surface area (Å²) in [5, 5.41) is 7.01. The first kappa shape index (κ1) is 29.0. The number of hydrogen-bond acceptors (Lipinski definition) is 4. The Labute approximate surface area is 215 Å². The van der Waals surface area contributed by atoms with Crippen molar-refractivity contribution in [1.82, 2.24) is 15.7 Å². The highest BCUT2D eigenvalue weighted by molar-refractivity contribution is 5.82. The smallest absolute Gasteiger partial charge is 0.243 e. The summed E-state index contributed by atoms with van der Waals surface area (Å²) in [4.78, 5) is 43.9. The third-order valence-electron chi connectivity index (χ3n) is 6.20. The molecule has 1 aliphatic carbocycles. The number of allylic oxidation sites excluding steroid dienone is 6. The molecule has 1 aliphatic rings. The summed E-state index contributed by atoms with van der Waals surface area (Å²) in [5.41, 5.74) is 1.73. The predicted octanol–water partition coefficient (Wildman–Crippen LogP) is 4.47. The Morgan fingerprint density at radius 2 is 1.83 bits per heavy atom. The Hall–Kier alpha value is -3.19. The SMILES string of the molecule is CNC(=O)CC(NC(=O)[C@@H](CCC1=CC=CCC=C1)CN(OCc1ccccc1)C(C)=O)C(C)(C)C. The van der Waals surface area contributed by atoms with Crippen molar-refractivity contribution in [2.24, 2.45) is 11.3 Å². The quantitative estimate of drug-likeness (QED) is 0.419. The fourth-order valence-corrected chi connectivity index (χ4v) is 3.79. The average Bonchev–Trinajstić information content (AvgIpc) is 3.11. The molecular weight excluding hydrogens is 454 g/mol. The first-order valence-electron chi connectivity index (χ1n) is 12.6.